The van der Waals surface area contributed by atoms with Crippen LogP contribution < -0.4 is 0 Å². The normalized spacial score (nSPS) is 11.4. The molecule has 0 saturated heterocycles. The molecule has 0 saturated carbocycles. The number of fused-ring (bicyclic) bond motifs is 5. The maximum Gasteiger partial charge on any atom is 0.160 e. The van der Waals surface area contributed by atoms with E-state index in [0.29, 0.717) is 5.82 Å². The lowest BCUT2D eigenvalue weighted by atomic mass is 9.96. The Morgan fingerprint density at radius 2 is 0.943 bits per heavy atom. The van der Waals surface area contributed by atoms with Crippen LogP contribution in [0.5, 0.6) is 0 Å². The van der Waals surface area contributed by atoms with Crippen molar-refractivity contribution < 1.29 is 0 Å². The maximum absolute atomic E-state index is 5.15. The van der Waals surface area contributed by atoms with Crippen molar-refractivity contribution in [2.75, 3.05) is 0 Å². The molecule has 0 bridgehead atoms. The van der Waals surface area contributed by atoms with Crippen molar-refractivity contribution in [3.8, 4) is 67.4 Å². The van der Waals surface area contributed by atoms with Crippen molar-refractivity contribution in [2.45, 2.75) is 0 Å². The molecule has 0 fully saturated rings. The highest BCUT2D eigenvalue weighted by atomic mass is 32.1. The molecule has 0 unspecified atom stereocenters. The Morgan fingerprint density at radius 1 is 0.377 bits per heavy atom. The fourth-order valence-corrected chi connectivity index (χ4v) is 7.85. The molecule has 0 N–H and O–H groups in total. The van der Waals surface area contributed by atoms with Crippen LogP contribution in [0.4, 0.5) is 0 Å². The van der Waals surface area contributed by atoms with Crippen LogP contribution in [-0.2, 0) is 0 Å². The molecule has 0 spiro atoms. The number of para-hydroxylation sites is 1. The first-order valence-electron chi connectivity index (χ1n) is 17.6. The summed E-state index contributed by atoms with van der Waals surface area (Å²) >= 11 is 1.50. The Balaban J connectivity index is 1.00. The number of hydrogen-bond acceptors (Lipinski definition) is 5. The van der Waals surface area contributed by atoms with Gasteiger partial charge in [-0.3, -0.25) is 0 Å². The molecule has 4 nitrogen and oxygen atoms in total. The Kier molecular flexibility index (Phi) is 7.63. The number of rotatable bonds is 6. The van der Waals surface area contributed by atoms with Gasteiger partial charge in [-0.05, 0) is 52.0 Å². The van der Waals surface area contributed by atoms with E-state index in [9.17, 15) is 0 Å². The summed E-state index contributed by atoms with van der Waals surface area (Å²) < 4.78 is 4.78. The van der Waals surface area contributed by atoms with Crippen molar-refractivity contribution in [2.24, 2.45) is 0 Å². The van der Waals surface area contributed by atoms with E-state index < -0.39 is 0 Å². The van der Waals surface area contributed by atoms with E-state index in [-0.39, 0.29) is 0 Å². The number of nitrogens with zero attached hydrogens (tertiary/aromatic N) is 4. The number of benzene rings is 7. The summed E-state index contributed by atoms with van der Waals surface area (Å²) in [5.74, 6) is 0.698. The topological polar surface area (TPSA) is 51.6 Å². The quantitative estimate of drug-likeness (QED) is 0.163. The molecule has 53 heavy (non-hydrogen) atoms. The summed E-state index contributed by atoms with van der Waals surface area (Å²) in [4.78, 5) is 15.3. The van der Waals surface area contributed by atoms with Crippen LogP contribution in [0.2, 0.25) is 0 Å². The molecule has 0 atom stereocenters. The van der Waals surface area contributed by atoms with Gasteiger partial charge in [-0.2, -0.15) is 4.37 Å². The number of hydrogen-bond donors (Lipinski definition) is 0. The highest BCUT2D eigenvalue weighted by Crippen LogP contribution is 2.38. The highest BCUT2D eigenvalue weighted by Gasteiger charge is 2.15. The van der Waals surface area contributed by atoms with E-state index in [1.807, 2.05) is 30.3 Å². The largest absolute Gasteiger partial charge is 0.247 e. The minimum Gasteiger partial charge on any atom is -0.247 e. The second-order valence-corrected chi connectivity index (χ2v) is 13.8. The molecule has 0 aliphatic carbocycles. The second-order valence-electron chi connectivity index (χ2n) is 13.1. The summed E-state index contributed by atoms with van der Waals surface area (Å²) in [5.41, 5.74) is 13.5. The van der Waals surface area contributed by atoms with Crippen LogP contribution in [0.1, 0.15) is 0 Å². The number of aromatic nitrogens is 4. The lowest BCUT2D eigenvalue weighted by molar-refractivity contribution is 1.18. The van der Waals surface area contributed by atoms with Crippen LogP contribution in [-0.4, -0.2) is 19.3 Å². The van der Waals surface area contributed by atoms with Gasteiger partial charge in [0.25, 0.3) is 0 Å². The fraction of sp³-hybridized carbons (Fsp3) is 0. The minimum absolute atomic E-state index is 0.698. The van der Waals surface area contributed by atoms with Gasteiger partial charge < -0.3 is 0 Å². The molecular weight excluding hydrogens is 665 g/mol. The molecule has 7 aromatic carbocycles. The van der Waals surface area contributed by atoms with Crippen LogP contribution >= 0.6 is 11.5 Å². The van der Waals surface area contributed by atoms with Crippen LogP contribution in [0.3, 0.4) is 0 Å². The third-order valence-corrected chi connectivity index (χ3v) is 10.5. The fourth-order valence-electron chi connectivity index (χ4n) is 7.19. The average Bonchev–Trinajstić information content (AvgIpc) is 3.74. The monoisotopic (exact) mass is 694 g/mol. The van der Waals surface area contributed by atoms with E-state index in [1.165, 1.54) is 11.5 Å². The Morgan fingerprint density at radius 3 is 1.68 bits per heavy atom. The van der Waals surface area contributed by atoms with Crippen molar-refractivity contribution in [3.05, 3.63) is 181 Å². The van der Waals surface area contributed by atoms with Crippen molar-refractivity contribution in [3.63, 3.8) is 0 Å². The van der Waals surface area contributed by atoms with E-state index in [1.54, 1.807) is 0 Å². The molecule has 0 aliphatic rings. The molecular formula is C48H30N4S. The van der Waals surface area contributed by atoms with Gasteiger partial charge in [-0.15, -0.1) is 0 Å². The smallest absolute Gasteiger partial charge is 0.160 e. The lowest BCUT2D eigenvalue weighted by Gasteiger charge is -2.12. The lowest BCUT2D eigenvalue weighted by Crippen LogP contribution is -1.96. The Hall–Kier alpha value is -6.82. The summed E-state index contributed by atoms with van der Waals surface area (Å²) in [6, 6.07) is 61.4. The molecule has 3 aromatic heterocycles. The maximum atomic E-state index is 5.15. The first-order chi connectivity index (χ1) is 26.2. The molecule has 248 valence electrons. The zero-order valence-corrected chi connectivity index (χ0v) is 29.3. The zero-order valence-electron chi connectivity index (χ0n) is 28.5. The van der Waals surface area contributed by atoms with Crippen molar-refractivity contribution >= 4 is 44.1 Å². The van der Waals surface area contributed by atoms with E-state index in [4.69, 9.17) is 19.3 Å². The van der Waals surface area contributed by atoms with Gasteiger partial charge in [0, 0.05) is 49.2 Å². The van der Waals surface area contributed by atoms with Crippen molar-refractivity contribution in [1.82, 2.24) is 19.3 Å². The molecule has 5 heteroatoms. The van der Waals surface area contributed by atoms with Gasteiger partial charge in [-0.1, -0.05) is 158 Å². The zero-order chi connectivity index (χ0) is 35.1. The first-order valence-corrected chi connectivity index (χ1v) is 18.5. The Bertz CT molecular complexity index is 2920. The summed E-state index contributed by atoms with van der Waals surface area (Å²) in [6.45, 7) is 0. The predicted molar refractivity (Wildman–Crippen MR) is 221 cm³/mol. The first kappa shape index (κ1) is 31.0. The molecule has 3 heterocycles. The van der Waals surface area contributed by atoms with Crippen LogP contribution in [0, 0.1) is 0 Å². The second kappa shape index (κ2) is 13.1. The Labute approximate surface area is 310 Å². The number of pyridine rings is 1. The van der Waals surface area contributed by atoms with Gasteiger partial charge in [-0.25, -0.2) is 15.0 Å². The SMILES string of the molecule is c1ccc(-c2cccc(-c3nc(-c4ccccc4)cc(-c4ccc(-c5ccc(-c6nc7ccccc7c7c6ccc6csnc67)cc5)cc4)n3)c2)cc1. The third kappa shape index (κ3) is 5.74. The van der Waals surface area contributed by atoms with E-state index in [2.05, 4.69) is 151 Å². The average molecular weight is 695 g/mol. The van der Waals surface area contributed by atoms with E-state index >= 15 is 0 Å². The molecule has 0 aliphatic heterocycles. The van der Waals surface area contributed by atoms with Gasteiger partial charge in [0.15, 0.2) is 5.82 Å². The molecule has 0 amide bonds. The summed E-state index contributed by atoms with van der Waals surface area (Å²) in [5, 5.41) is 6.68. The van der Waals surface area contributed by atoms with Crippen LogP contribution in [0.25, 0.3) is 100.0 Å². The standard InChI is InChI=1S/C48H30N4S/c1-3-10-31(11-4-1)37-14-9-15-38(28-37)48-50-43(34-12-5-2-6-13-34)29-44(51-48)35-22-18-32(19-23-35)33-20-24-36(25-21-33)46-41-27-26-39-30-53-52-47(39)45(41)40-16-7-8-17-42(40)49-46/h1-30H. The molecule has 10 rings (SSSR count). The van der Waals surface area contributed by atoms with Crippen LogP contribution in [0.15, 0.2) is 181 Å². The predicted octanol–water partition coefficient (Wildman–Crippen LogP) is 12.8. The molecule has 10 aromatic rings. The van der Waals surface area contributed by atoms with E-state index in [0.717, 1.165) is 94.2 Å². The highest BCUT2D eigenvalue weighted by molar-refractivity contribution is 7.05. The van der Waals surface area contributed by atoms with Gasteiger partial charge in [0.05, 0.1) is 28.1 Å². The minimum atomic E-state index is 0.698. The van der Waals surface area contributed by atoms with Crippen molar-refractivity contribution in [1.29, 1.82) is 0 Å². The third-order valence-electron chi connectivity index (χ3n) is 9.89. The molecule has 0 radical (unpaired) electrons. The van der Waals surface area contributed by atoms with Gasteiger partial charge in [0.1, 0.15) is 0 Å². The summed E-state index contributed by atoms with van der Waals surface area (Å²) in [6.07, 6.45) is 0. The summed E-state index contributed by atoms with van der Waals surface area (Å²) in [7, 11) is 0. The van der Waals surface area contributed by atoms with Gasteiger partial charge >= 0.3 is 0 Å². The van der Waals surface area contributed by atoms with Gasteiger partial charge in [0.2, 0.25) is 0 Å².